The minimum Gasteiger partial charge on any atom is -0.343 e. The van der Waals surface area contributed by atoms with Crippen LogP contribution in [0.3, 0.4) is 0 Å². The molecule has 2 amide bonds. The van der Waals surface area contributed by atoms with E-state index in [1.165, 1.54) is 0 Å². The molecule has 1 aliphatic heterocycles. The summed E-state index contributed by atoms with van der Waals surface area (Å²) in [4.78, 5) is 28.4. The summed E-state index contributed by atoms with van der Waals surface area (Å²) in [7, 11) is 1.83. The third-order valence-corrected chi connectivity index (χ3v) is 3.60. The van der Waals surface area contributed by atoms with Gasteiger partial charge in [-0.25, -0.2) is 0 Å². The van der Waals surface area contributed by atoms with Gasteiger partial charge in [-0.1, -0.05) is 30.3 Å². The summed E-state index contributed by atoms with van der Waals surface area (Å²) >= 11 is 0. The fourth-order valence-electron chi connectivity index (χ4n) is 2.28. The number of rotatable bonds is 5. The summed E-state index contributed by atoms with van der Waals surface area (Å²) in [5.41, 5.74) is 1.13. The van der Waals surface area contributed by atoms with Gasteiger partial charge >= 0.3 is 0 Å². The minimum atomic E-state index is 0.119. The molecule has 1 saturated heterocycles. The van der Waals surface area contributed by atoms with Gasteiger partial charge in [0.25, 0.3) is 0 Å². The monoisotopic (exact) mass is 275 g/mol. The van der Waals surface area contributed by atoms with Gasteiger partial charge < -0.3 is 9.80 Å². The van der Waals surface area contributed by atoms with Crippen LogP contribution in [0, 0.1) is 0 Å². The van der Waals surface area contributed by atoms with Gasteiger partial charge in [0, 0.05) is 39.8 Å². The first kappa shape index (κ1) is 14.5. The Morgan fingerprint density at radius 3 is 2.45 bits per heavy atom. The highest BCUT2D eigenvalue weighted by Crippen LogP contribution is 2.05. The molecular formula is C15H21N3O2. The van der Waals surface area contributed by atoms with Gasteiger partial charge in [-0.15, -0.1) is 0 Å². The van der Waals surface area contributed by atoms with Crippen LogP contribution >= 0.6 is 0 Å². The van der Waals surface area contributed by atoms with Crippen LogP contribution in [0.25, 0.3) is 0 Å². The van der Waals surface area contributed by atoms with Crippen molar-refractivity contribution < 1.29 is 9.59 Å². The zero-order valence-electron chi connectivity index (χ0n) is 11.9. The number of piperazine rings is 1. The van der Waals surface area contributed by atoms with Crippen molar-refractivity contribution in [2.45, 2.75) is 6.54 Å². The second kappa shape index (κ2) is 7.05. The normalized spacial score (nSPS) is 15.9. The molecule has 0 bridgehead atoms. The van der Waals surface area contributed by atoms with Crippen LogP contribution in [-0.4, -0.2) is 66.8 Å². The quantitative estimate of drug-likeness (QED) is 0.732. The second-order valence-corrected chi connectivity index (χ2v) is 5.15. The van der Waals surface area contributed by atoms with Crippen LogP contribution in [0.5, 0.6) is 0 Å². The lowest BCUT2D eigenvalue weighted by Crippen LogP contribution is -2.49. The van der Waals surface area contributed by atoms with Crippen molar-refractivity contribution in [3.8, 4) is 0 Å². The highest BCUT2D eigenvalue weighted by Gasteiger charge is 2.19. The standard InChI is InChI=1S/C15H21N3O2/c1-16(11-14-5-3-2-4-6-14)15(20)12-17-7-9-18(13-19)10-8-17/h2-6,13H,7-12H2,1H3. The molecule has 2 rings (SSSR count). The van der Waals surface area contributed by atoms with Gasteiger partial charge in [-0.05, 0) is 5.56 Å². The van der Waals surface area contributed by atoms with Gasteiger partial charge in [-0.2, -0.15) is 0 Å². The van der Waals surface area contributed by atoms with Gasteiger partial charge in [0.05, 0.1) is 6.54 Å². The summed E-state index contributed by atoms with van der Waals surface area (Å²) < 4.78 is 0. The molecule has 1 fully saturated rings. The van der Waals surface area contributed by atoms with Crippen molar-refractivity contribution in [3.63, 3.8) is 0 Å². The first-order valence-corrected chi connectivity index (χ1v) is 6.88. The number of carbonyl (C=O) groups is 2. The first-order chi connectivity index (χ1) is 9.69. The number of benzene rings is 1. The average molecular weight is 275 g/mol. The molecule has 5 heteroatoms. The number of amides is 2. The molecule has 1 heterocycles. The van der Waals surface area contributed by atoms with E-state index < -0.39 is 0 Å². The van der Waals surface area contributed by atoms with E-state index in [-0.39, 0.29) is 5.91 Å². The molecule has 1 aromatic rings. The largest absolute Gasteiger partial charge is 0.343 e. The number of nitrogens with zero attached hydrogens (tertiary/aromatic N) is 3. The maximum Gasteiger partial charge on any atom is 0.236 e. The Bertz CT molecular complexity index is 442. The molecule has 0 atom stereocenters. The Hall–Kier alpha value is -1.88. The highest BCUT2D eigenvalue weighted by atomic mass is 16.2. The first-order valence-electron chi connectivity index (χ1n) is 6.88. The molecule has 108 valence electrons. The number of likely N-dealkylation sites (N-methyl/N-ethyl adjacent to an activating group) is 1. The van der Waals surface area contributed by atoms with Crippen molar-refractivity contribution in [2.75, 3.05) is 39.8 Å². The van der Waals surface area contributed by atoms with E-state index in [0.29, 0.717) is 26.2 Å². The van der Waals surface area contributed by atoms with Crippen molar-refractivity contribution in [2.24, 2.45) is 0 Å². The summed E-state index contributed by atoms with van der Waals surface area (Å²) in [6.07, 6.45) is 0.876. The molecule has 0 aliphatic carbocycles. The molecule has 20 heavy (non-hydrogen) atoms. The van der Waals surface area contributed by atoms with E-state index >= 15 is 0 Å². The summed E-state index contributed by atoms with van der Waals surface area (Å²) in [6, 6.07) is 9.97. The van der Waals surface area contributed by atoms with Crippen molar-refractivity contribution in [3.05, 3.63) is 35.9 Å². The number of hydrogen-bond donors (Lipinski definition) is 0. The molecule has 0 aromatic heterocycles. The molecule has 0 unspecified atom stereocenters. The predicted molar refractivity (Wildman–Crippen MR) is 77.0 cm³/mol. The lowest BCUT2D eigenvalue weighted by atomic mass is 10.2. The predicted octanol–water partition coefficient (Wildman–Crippen LogP) is 0.419. The van der Waals surface area contributed by atoms with Crippen molar-refractivity contribution >= 4 is 12.3 Å². The van der Waals surface area contributed by atoms with Crippen LogP contribution in [0.1, 0.15) is 5.56 Å². The lowest BCUT2D eigenvalue weighted by Gasteiger charge is -2.32. The van der Waals surface area contributed by atoms with Gasteiger partial charge in [0.1, 0.15) is 0 Å². The molecule has 0 radical (unpaired) electrons. The van der Waals surface area contributed by atoms with E-state index in [1.54, 1.807) is 9.80 Å². The van der Waals surface area contributed by atoms with Crippen molar-refractivity contribution in [1.82, 2.24) is 14.7 Å². The fraction of sp³-hybridized carbons (Fsp3) is 0.467. The second-order valence-electron chi connectivity index (χ2n) is 5.15. The Labute approximate surface area is 119 Å². The van der Waals surface area contributed by atoms with Gasteiger partial charge in [-0.3, -0.25) is 14.5 Å². The van der Waals surface area contributed by atoms with Crippen LogP contribution in [-0.2, 0) is 16.1 Å². The van der Waals surface area contributed by atoms with Crippen LogP contribution in [0.4, 0.5) is 0 Å². The molecule has 5 nitrogen and oxygen atoms in total. The van der Waals surface area contributed by atoms with E-state index in [9.17, 15) is 9.59 Å². The summed E-state index contributed by atoms with van der Waals surface area (Å²) in [5.74, 6) is 0.119. The Morgan fingerprint density at radius 2 is 1.85 bits per heavy atom. The Balaban J connectivity index is 1.78. The zero-order valence-corrected chi connectivity index (χ0v) is 11.9. The fourth-order valence-corrected chi connectivity index (χ4v) is 2.28. The van der Waals surface area contributed by atoms with E-state index in [4.69, 9.17) is 0 Å². The van der Waals surface area contributed by atoms with Crippen LogP contribution in [0.2, 0.25) is 0 Å². The minimum absolute atomic E-state index is 0.119. The third-order valence-electron chi connectivity index (χ3n) is 3.60. The zero-order chi connectivity index (χ0) is 14.4. The van der Waals surface area contributed by atoms with E-state index in [1.807, 2.05) is 37.4 Å². The lowest BCUT2D eigenvalue weighted by molar-refractivity contribution is -0.132. The third kappa shape index (κ3) is 4.06. The van der Waals surface area contributed by atoms with E-state index in [2.05, 4.69) is 4.90 Å². The maximum atomic E-state index is 12.2. The molecule has 1 aliphatic rings. The van der Waals surface area contributed by atoms with Crippen LogP contribution in [0.15, 0.2) is 30.3 Å². The Kier molecular flexibility index (Phi) is 5.12. The molecule has 0 spiro atoms. The number of hydrogen-bond acceptors (Lipinski definition) is 3. The molecule has 1 aromatic carbocycles. The SMILES string of the molecule is CN(Cc1ccccc1)C(=O)CN1CCN(C=O)CC1. The molecule has 0 N–H and O–H groups in total. The van der Waals surface area contributed by atoms with E-state index in [0.717, 1.165) is 25.1 Å². The smallest absolute Gasteiger partial charge is 0.236 e. The maximum absolute atomic E-state index is 12.2. The topological polar surface area (TPSA) is 43.9 Å². The summed E-state index contributed by atoms with van der Waals surface area (Å²) in [6.45, 7) is 4.01. The Morgan fingerprint density at radius 1 is 1.20 bits per heavy atom. The molecule has 0 saturated carbocycles. The van der Waals surface area contributed by atoms with Crippen LogP contribution < -0.4 is 0 Å². The number of carbonyl (C=O) groups excluding carboxylic acids is 2. The average Bonchev–Trinajstić information content (AvgIpc) is 2.49. The summed E-state index contributed by atoms with van der Waals surface area (Å²) in [5, 5.41) is 0. The highest BCUT2D eigenvalue weighted by molar-refractivity contribution is 5.78. The molecular weight excluding hydrogens is 254 g/mol. The van der Waals surface area contributed by atoms with Gasteiger partial charge in [0.15, 0.2) is 0 Å². The van der Waals surface area contributed by atoms with Crippen molar-refractivity contribution in [1.29, 1.82) is 0 Å². The van der Waals surface area contributed by atoms with Gasteiger partial charge in [0.2, 0.25) is 12.3 Å².